The van der Waals surface area contributed by atoms with E-state index in [-0.39, 0.29) is 17.7 Å². The highest BCUT2D eigenvalue weighted by molar-refractivity contribution is 7.55. The van der Waals surface area contributed by atoms with E-state index in [1.165, 1.54) is 32.9 Å². The second-order valence-corrected chi connectivity index (χ2v) is 11.2. The smallest absolute Gasteiger partial charge is 0.188 e. The quantitative estimate of drug-likeness (QED) is 0.504. The van der Waals surface area contributed by atoms with Gasteiger partial charge in [0.15, 0.2) is 6.79 Å². The average Bonchev–Trinajstić information content (AvgIpc) is 2.59. The van der Waals surface area contributed by atoms with Gasteiger partial charge in [-0.25, -0.2) is 0 Å². The molecule has 0 saturated heterocycles. The third-order valence-electron chi connectivity index (χ3n) is 4.70. The maximum Gasteiger partial charge on any atom is 0.188 e. The first-order valence-corrected chi connectivity index (χ1v) is 11.3. The third-order valence-corrected chi connectivity index (χ3v) is 6.10. The van der Waals surface area contributed by atoms with Crippen LogP contribution in [0.3, 0.4) is 0 Å². The largest absolute Gasteiger partial charge is 0.467 e. The van der Waals surface area contributed by atoms with Crippen LogP contribution in [0.25, 0.3) is 0 Å². The van der Waals surface area contributed by atoms with Crippen molar-refractivity contribution in [3.8, 4) is 5.75 Å². The molecule has 29 heavy (non-hydrogen) atoms. The van der Waals surface area contributed by atoms with Gasteiger partial charge in [0.05, 0.1) is 0 Å². The van der Waals surface area contributed by atoms with Crippen LogP contribution in [0.4, 0.5) is 0 Å². The zero-order valence-electron chi connectivity index (χ0n) is 19.6. The Morgan fingerprint density at radius 3 is 2.17 bits per heavy atom. The number of hydrogen-bond acceptors (Lipinski definition) is 3. The van der Waals surface area contributed by atoms with E-state index in [4.69, 9.17) is 9.47 Å². The Hall–Kier alpha value is -1.41. The van der Waals surface area contributed by atoms with Gasteiger partial charge >= 0.3 is 0 Å². The van der Waals surface area contributed by atoms with Gasteiger partial charge in [0.1, 0.15) is 5.75 Å². The highest BCUT2D eigenvalue weighted by Crippen LogP contribution is 2.34. The fourth-order valence-electron chi connectivity index (χ4n) is 3.19. The highest BCUT2D eigenvalue weighted by Gasteiger charge is 2.23. The Kier molecular flexibility index (Phi) is 7.90. The van der Waals surface area contributed by atoms with Crippen LogP contribution in [-0.4, -0.2) is 19.4 Å². The molecule has 2 aromatic carbocycles. The number of nitrogens with one attached hydrogen (secondary N) is 1. The van der Waals surface area contributed by atoms with Gasteiger partial charge in [-0.05, 0) is 62.5 Å². The van der Waals surface area contributed by atoms with E-state index in [9.17, 15) is 0 Å². The Morgan fingerprint density at radius 2 is 1.59 bits per heavy atom. The summed E-state index contributed by atoms with van der Waals surface area (Å²) in [5.41, 5.74) is 5.23. The van der Waals surface area contributed by atoms with Crippen molar-refractivity contribution < 1.29 is 9.47 Å². The Labute approximate surface area is 179 Å². The molecule has 4 heteroatoms. The van der Waals surface area contributed by atoms with Gasteiger partial charge in [-0.3, -0.25) is 0 Å². The molecule has 1 unspecified atom stereocenters. The number of ether oxygens (including phenoxy) is 2. The second kappa shape index (κ2) is 9.60. The molecule has 0 aliphatic rings. The maximum absolute atomic E-state index is 6.12. The van der Waals surface area contributed by atoms with Gasteiger partial charge in [0, 0.05) is 30.1 Å². The summed E-state index contributed by atoms with van der Waals surface area (Å²) in [7, 11) is 2.20. The van der Waals surface area contributed by atoms with Gasteiger partial charge in [-0.2, -0.15) is 0 Å². The van der Waals surface area contributed by atoms with E-state index in [0.717, 1.165) is 12.3 Å². The Bertz CT molecular complexity index is 832. The summed E-state index contributed by atoms with van der Waals surface area (Å²) in [6.45, 7) is 18.8. The summed E-state index contributed by atoms with van der Waals surface area (Å²) in [5, 5.41) is 6.25. The lowest BCUT2D eigenvalue weighted by molar-refractivity contribution is 0.0506. The van der Waals surface area contributed by atoms with Crippen LogP contribution < -0.4 is 20.7 Å². The zero-order chi connectivity index (χ0) is 21.8. The molecule has 0 aromatic heterocycles. The van der Waals surface area contributed by atoms with Crippen molar-refractivity contribution >= 4 is 19.2 Å². The fraction of sp³-hybridized carbons (Fsp3) is 0.520. The molecule has 2 aromatic rings. The van der Waals surface area contributed by atoms with Gasteiger partial charge in [-0.15, -0.1) is 0 Å². The van der Waals surface area contributed by atoms with Gasteiger partial charge < -0.3 is 14.8 Å². The number of hydrogen-bond donors (Lipinski definition) is 1. The first-order chi connectivity index (χ1) is 13.4. The molecule has 0 saturated carbocycles. The normalized spacial score (nSPS) is 12.7. The molecule has 0 bridgehead atoms. The second-order valence-electron chi connectivity index (χ2n) is 9.88. The first-order valence-electron chi connectivity index (χ1n) is 10.3. The molecule has 3 nitrogen and oxygen atoms in total. The van der Waals surface area contributed by atoms with Crippen LogP contribution in [0.5, 0.6) is 5.75 Å². The number of methoxy groups -OCH3 is 1. The van der Waals surface area contributed by atoms with E-state index in [1.54, 1.807) is 7.11 Å². The number of rotatable bonds is 7. The molecule has 0 heterocycles. The lowest BCUT2D eigenvalue weighted by Gasteiger charge is -2.26. The molecule has 160 valence electrons. The van der Waals surface area contributed by atoms with E-state index in [0.29, 0.717) is 8.58 Å². The molecule has 2 rings (SSSR count). The maximum atomic E-state index is 6.12. The predicted molar refractivity (Wildman–Crippen MR) is 128 cm³/mol. The van der Waals surface area contributed by atoms with Crippen molar-refractivity contribution in [2.24, 2.45) is 0 Å². The van der Waals surface area contributed by atoms with Crippen LogP contribution in [0, 0.1) is 13.8 Å². The summed E-state index contributed by atoms with van der Waals surface area (Å²) in [6.07, 6.45) is 0. The zero-order valence-corrected chi connectivity index (χ0v) is 20.6. The van der Waals surface area contributed by atoms with Crippen molar-refractivity contribution in [1.29, 1.82) is 0 Å². The minimum Gasteiger partial charge on any atom is -0.467 e. The molecule has 1 atom stereocenters. The van der Waals surface area contributed by atoms with Crippen LogP contribution in [-0.2, 0) is 16.7 Å². The number of aryl methyl sites for hydroxylation is 2. The first kappa shape index (κ1) is 23.9. The molecular formula is C25H38NO2P. The van der Waals surface area contributed by atoms with Crippen LogP contribution >= 0.6 is 8.58 Å². The third kappa shape index (κ3) is 7.10. The average molecular weight is 416 g/mol. The summed E-state index contributed by atoms with van der Waals surface area (Å²) < 4.78 is 11.4. The van der Waals surface area contributed by atoms with E-state index < -0.39 is 0 Å². The minimum atomic E-state index is -0.00176. The van der Waals surface area contributed by atoms with Gasteiger partial charge in [0.25, 0.3) is 0 Å². The molecule has 0 spiro atoms. The topological polar surface area (TPSA) is 30.5 Å². The summed E-state index contributed by atoms with van der Waals surface area (Å²) in [6, 6.07) is 11.3. The summed E-state index contributed by atoms with van der Waals surface area (Å²) in [5.74, 6) is 0.971. The minimum absolute atomic E-state index is 0.00176. The van der Waals surface area contributed by atoms with Gasteiger partial charge in [-0.1, -0.05) is 59.2 Å². The molecule has 0 amide bonds. The summed E-state index contributed by atoms with van der Waals surface area (Å²) in [4.78, 5) is 0. The fourth-order valence-corrected chi connectivity index (χ4v) is 4.59. The van der Waals surface area contributed by atoms with Crippen LogP contribution in [0.15, 0.2) is 30.3 Å². The molecule has 1 N–H and O–H groups in total. The molecular weight excluding hydrogens is 377 g/mol. The van der Waals surface area contributed by atoms with Crippen molar-refractivity contribution in [2.45, 2.75) is 72.9 Å². The van der Waals surface area contributed by atoms with Crippen LogP contribution in [0.1, 0.15) is 63.8 Å². The lowest BCUT2D eigenvalue weighted by Crippen LogP contribution is -2.36. The SMILES string of the molecule is COCOc1c(Pc2ccc(C)cc2CNC(C)(C)C)cc(C)cc1C(C)(C)C. The van der Waals surface area contributed by atoms with E-state index >= 15 is 0 Å². The highest BCUT2D eigenvalue weighted by atomic mass is 31.1. The van der Waals surface area contributed by atoms with Crippen molar-refractivity contribution in [2.75, 3.05) is 13.9 Å². The lowest BCUT2D eigenvalue weighted by atomic mass is 9.85. The molecule has 0 aliphatic carbocycles. The van der Waals surface area contributed by atoms with E-state index in [2.05, 4.69) is 91.0 Å². The molecule has 0 aliphatic heterocycles. The van der Waals surface area contributed by atoms with E-state index in [1.807, 2.05) is 0 Å². The van der Waals surface area contributed by atoms with Crippen LogP contribution in [0.2, 0.25) is 0 Å². The molecule has 0 fully saturated rings. The molecule has 0 radical (unpaired) electrons. The predicted octanol–water partition coefficient (Wildman–Crippen LogP) is 5.10. The van der Waals surface area contributed by atoms with Crippen molar-refractivity contribution in [1.82, 2.24) is 5.32 Å². The van der Waals surface area contributed by atoms with Crippen molar-refractivity contribution in [3.05, 3.63) is 52.6 Å². The van der Waals surface area contributed by atoms with Crippen molar-refractivity contribution in [3.63, 3.8) is 0 Å². The standard InChI is InChI=1S/C25H38NO2P/c1-17-10-11-21(19(12-17)15-26-25(6,7)8)29-22-14-18(2)13-20(24(3,4)5)23(22)28-16-27-9/h10-14,26,29H,15-16H2,1-9H3. The Morgan fingerprint density at radius 1 is 0.897 bits per heavy atom. The monoisotopic (exact) mass is 415 g/mol. The number of benzene rings is 2. The Balaban J connectivity index is 2.49. The van der Waals surface area contributed by atoms with Gasteiger partial charge in [0.2, 0.25) is 0 Å². The summed E-state index contributed by atoms with van der Waals surface area (Å²) >= 11 is 0.